The molecule has 2 unspecified atom stereocenters. The van der Waals surface area contributed by atoms with Crippen molar-refractivity contribution in [3.05, 3.63) is 47.5 Å². The van der Waals surface area contributed by atoms with Crippen molar-refractivity contribution in [1.29, 1.82) is 0 Å². The number of carbonyl (C=O) groups is 2. The highest BCUT2D eigenvalue weighted by Crippen LogP contribution is 2.52. The summed E-state index contributed by atoms with van der Waals surface area (Å²) in [5.74, 6) is 0.344. The molecule has 1 saturated carbocycles. The van der Waals surface area contributed by atoms with Gasteiger partial charge in [0, 0.05) is 18.2 Å². The van der Waals surface area contributed by atoms with Gasteiger partial charge in [-0.15, -0.1) is 12.4 Å². The molecule has 0 radical (unpaired) electrons. The Labute approximate surface area is 239 Å². The summed E-state index contributed by atoms with van der Waals surface area (Å²) in [5.41, 5.74) is 0.380. The van der Waals surface area contributed by atoms with E-state index in [1.165, 1.54) is 7.11 Å². The van der Waals surface area contributed by atoms with Crippen LogP contribution in [0.2, 0.25) is 0 Å². The molecule has 0 spiro atoms. The molecule has 3 saturated heterocycles. The Morgan fingerprint density at radius 1 is 1.12 bits per heavy atom. The highest BCUT2D eigenvalue weighted by Gasteiger charge is 2.60. The van der Waals surface area contributed by atoms with E-state index in [1.807, 2.05) is 6.07 Å². The number of aromatic nitrogens is 3. The van der Waals surface area contributed by atoms with Crippen LogP contribution in [-0.4, -0.2) is 64.6 Å². The fraction of sp³-hybridized carbons (Fsp3) is 0.444. The van der Waals surface area contributed by atoms with Crippen LogP contribution in [0.3, 0.4) is 0 Å². The molecule has 41 heavy (non-hydrogen) atoms. The molecule has 1 aliphatic carbocycles. The third kappa shape index (κ3) is 4.67. The minimum Gasteiger partial charge on any atom is -0.481 e. The van der Waals surface area contributed by atoms with E-state index in [1.54, 1.807) is 18.2 Å². The number of methoxy groups -OCH3 is 1. The molecule has 2 N–H and O–H groups in total. The van der Waals surface area contributed by atoms with Crippen molar-refractivity contribution < 1.29 is 37.7 Å². The Hall–Kier alpha value is -3.81. The lowest BCUT2D eigenvalue weighted by atomic mass is 9.67. The van der Waals surface area contributed by atoms with Crippen LogP contribution in [-0.2, 0) is 25.5 Å². The molecule has 0 aromatic carbocycles. The zero-order valence-electron chi connectivity index (χ0n) is 22.0. The molecule has 8 rings (SSSR count). The Morgan fingerprint density at radius 2 is 1.95 bits per heavy atom. The van der Waals surface area contributed by atoms with E-state index in [9.17, 15) is 9.59 Å². The van der Waals surface area contributed by atoms with Gasteiger partial charge in [-0.05, 0) is 43.9 Å². The van der Waals surface area contributed by atoms with Crippen LogP contribution in [0.5, 0.6) is 11.6 Å². The standard InChI is InChI=1S/C27H26FN5O7.ClH/c1-36-19-5-3-16-21(33-19)20(15(28)11-29-16)22-23(40-25(35)39-22)27-8-6-26(7-9-27,13-38-27)30-10-14-2-4-17-24(31-14)32-18(34)12-37-17;/h2-5,11,22-23,30H,6-10,12-13H2,1H3,(H,31,32,34);1H. The molecule has 4 fully saturated rings. The van der Waals surface area contributed by atoms with Crippen molar-refractivity contribution in [2.45, 2.75) is 55.6 Å². The largest absolute Gasteiger partial charge is 0.509 e. The quantitative estimate of drug-likeness (QED) is 0.410. The Bertz CT molecular complexity index is 1520. The molecule has 14 heteroatoms. The predicted molar refractivity (Wildman–Crippen MR) is 142 cm³/mol. The fourth-order valence-electron chi connectivity index (χ4n) is 6.08. The van der Waals surface area contributed by atoms with Gasteiger partial charge in [-0.3, -0.25) is 9.78 Å². The second kappa shape index (κ2) is 10.2. The van der Waals surface area contributed by atoms with Crippen LogP contribution in [0.4, 0.5) is 15.0 Å². The van der Waals surface area contributed by atoms with E-state index >= 15 is 4.39 Å². The number of halogens is 2. The third-order valence-electron chi connectivity index (χ3n) is 8.28. The summed E-state index contributed by atoms with van der Waals surface area (Å²) in [6, 6.07) is 6.95. The van der Waals surface area contributed by atoms with Crippen molar-refractivity contribution in [3.8, 4) is 11.6 Å². The first-order valence-corrected chi connectivity index (χ1v) is 13.1. The Balaban J connectivity index is 0.00000302. The molecule has 5 aliphatic rings. The van der Waals surface area contributed by atoms with Crippen molar-refractivity contribution in [1.82, 2.24) is 20.3 Å². The first-order chi connectivity index (χ1) is 19.4. The number of cyclic esters (lactones) is 2. The number of hydrogen-bond donors (Lipinski definition) is 2. The molecule has 2 atom stereocenters. The maximum absolute atomic E-state index is 15.3. The summed E-state index contributed by atoms with van der Waals surface area (Å²) < 4.78 is 43.6. The lowest BCUT2D eigenvalue weighted by molar-refractivity contribution is -0.209. The van der Waals surface area contributed by atoms with Gasteiger partial charge in [0.15, 0.2) is 36.2 Å². The van der Waals surface area contributed by atoms with Crippen LogP contribution in [0.15, 0.2) is 30.5 Å². The van der Waals surface area contributed by atoms with Crippen molar-refractivity contribution in [2.24, 2.45) is 0 Å². The molecule has 12 nitrogen and oxygen atoms in total. The molecular formula is C27H27ClFN5O7. The monoisotopic (exact) mass is 587 g/mol. The summed E-state index contributed by atoms with van der Waals surface area (Å²) in [7, 11) is 1.47. The van der Waals surface area contributed by atoms with E-state index in [0.29, 0.717) is 43.1 Å². The Kier molecular flexibility index (Phi) is 6.83. The van der Waals surface area contributed by atoms with Gasteiger partial charge in [0.2, 0.25) is 5.88 Å². The number of nitrogens with zero attached hydrogens (tertiary/aromatic N) is 3. The second-order valence-electron chi connectivity index (χ2n) is 10.5. The summed E-state index contributed by atoms with van der Waals surface area (Å²) in [4.78, 5) is 37.1. The number of anilines is 1. The number of rotatable bonds is 6. The topological polar surface area (TPSA) is 143 Å². The second-order valence-corrected chi connectivity index (χ2v) is 10.5. The molecule has 3 aromatic rings. The van der Waals surface area contributed by atoms with Gasteiger partial charge >= 0.3 is 6.16 Å². The van der Waals surface area contributed by atoms with E-state index < -0.39 is 29.8 Å². The number of pyridine rings is 3. The molecule has 7 heterocycles. The van der Waals surface area contributed by atoms with E-state index in [0.717, 1.165) is 24.7 Å². The van der Waals surface area contributed by atoms with Crippen LogP contribution in [0, 0.1) is 5.82 Å². The minimum absolute atomic E-state index is 0. The number of fused-ring (bicyclic) bond motifs is 5. The number of nitrogens with one attached hydrogen (secondary N) is 2. The van der Waals surface area contributed by atoms with Gasteiger partial charge in [-0.2, -0.15) is 0 Å². The highest BCUT2D eigenvalue weighted by molar-refractivity contribution is 5.94. The summed E-state index contributed by atoms with van der Waals surface area (Å²) in [5, 5.41) is 6.32. The maximum atomic E-state index is 15.3. The van der Waals surface area contributed by atoms with Gasteiger partial charge in [0.25, 0.3) is 5.91 Å². The lowest BCUT2D eigenvalue weighted by Gasteiger charge is -2.55. The van der Waals surface area contributed by atoms with E-state index in [2.05, 4.69) is 25.6 Å². The van der Waals surface area contributed by atoms with Gasteiger partial charge < -0.3 is 34.3 Å². The van der Waals surface area contributed by atoms with E-state index in [4.69, 9.17) is 23.7 Å². The minimum atomic E-state index is -1.06. The van der Waals surface area contributed by atoms with Crippen LogP contribution < -0.4 is 20.1 Å². The zero-order chi connectivity index (χ0) is 27.5. The van der Waals surface area contributed by atoms with Crippen LogP contribution >= 0.6 is 12.4 Å². The highest BCUT2D eigenvalue weighted by atomic mass is 35.5. The SMILES string of the molecule is COc1ccc2ncc(F)c(C3OC(=O)OC3C34CCC(NCc5ccc6c(n5)NC(=O)CO6)(CC3)CO4)c2n1.Cl. The van der Waals surface area contributed by atoms with Gasteiger partial charge in [-0.1, -0.05) is 0 Å². The average Bonchev–Trinajstić information content (AvgIpc) is 3.38. The third-order valence-corrected chi connectivity index (χ3v) is 8.28. The maximum Gasteiger partial charge on any atom is 0.509 e. The number of carbonyl (C=O) groups excluding carboxylic acids is 2. The summed E-state index contributed by atoms with van der Waals surface area (Å²) in [6.07, 6.45) is 0.910. The molecule has 4 aliphatic heterocycles. The molecule has 1 amide bonds. The smallest absolute Gasteiger partial charge is 0.481 e. The van der Waals surface area contributed by atoms with Crippen molar-refractivity contribution in [3.63, 3.8) is 0 Å². The first-order valence-electron chi connectivity index (χ1n) is 13.1. The van der Waals surface area contributed by atoms with Crippen LogP contribution in [0.25, 0.3) is 11.0 Å². The first kappa shape index (κ1) is 27.4. The normalized spacial score (nSPS) is 28.1. The fourth-order valence-corrected chi connectivity index (χ4v) is 6.08. The van der Waals surface area contributed by atoms with Crippen molar-refractivity contribution in [2.75, 3.05) is 25.6 Å². The van der Waals surface area contributed by atoms with Crippen molar-refractivity contribution >= 4 is 41.3 Å². The average molecular weight is 588 g/mol. The van der Waals surface area contributed by atoms with Gasteiger partial charge in [0.1, 0.15) is 11.1 Å². The Morgan fingerprint density at radius 3 is 2.71 bits per heavy atom. The number of hydrogen-bond acceptors (Lipinski definition) is 11. The summed E-state index contributed by atoms with van der Waals surface area (Å²) in [6.45, 7) is 0.807. The molecule has 216 valence electrons. The molecular weight excluding hydrogens is 561 g/mol. The zero-order valence-corrected chi connectivity index (χ0v) is 22.8. The van der Waals surface area contributed by atoms with Crippen LogP contribution in [0.1, 0.15) is 43.0 Å². The number of amides is 1. The predicted octanol–water partition coefficient (Wildman–Crippen LogP) is 3.37. The summed E-state index contributed by atoms with van der Waals surface area (Å²) >= 11 is 0. The number of ether oxygens (including phenoxy) is 5. The molecule has 2 bridgehead atoms. The van der Waals surface area contributed by atoms with E-state index in [-0.39, 0.29) is 47.4 Å². The molecule has 3 aromatic heterocycles. The lowest BCUT2D eigenvalue weighted by Crippen LogP contribution is -2.65. The van der Waals surface area contributed by atoms with Gasteiger partial charge in [-0.25, -0.2) is 19.2 Å². The van der Waals surface area contributed by atoms with Gasteiger partial charge in [0.05, 0.1) is 36.7 Å².